The summed E-state index contributed by atoms with van der Waals surface area (Å²) >= 11 is 0. The fourth-order valence-electron chi connectivity index (χ4n) is 2.00. The number of carbonyl (C=O) groups excluding carboxylic acids is 4. The lowest BCUT2D eigenvalue weighted by molar-refractivity contribution is -0.307. The van der Waals surface area contributed by atoms with Gasteiger partial charge in [0.1, 0.15) is 17.9 Å². The molecule has 0 spiro atoms. The second-order valence-electron chi connectivity index (χ2n) is 4.77. The number of carboxylic acids is 1. The van der Waals surface area contributed by atoms with Crippen LogP contribution in [0.5, 0.6) is 5.75 Å². The van der Waals surface area contributed by atoms with E-state index in [2.05, 4.69) is 0 Å². The molecule has 1 aromatic carbocycles. The topological polar surface area (TPSA) is 107 Å². The Bertz CT molecular complexity index is 698. The minimum absolute atomic E-state index is 0.173. The third kappa shape index (κ3) is 3.20. The van der Waals surface area contributed by atoms with Crippen molar-refractivity contribution >= 4 is 29.9 Å². The van der Waals surface area contributed by atoms with Gasteiger partial charge in [-0.25, -0.2) is 4.79 Å². The lowest BCUT2D eigenvalue weighted by Crippen LogP contribution is -2.52. The number of barbiturate groups is 1. The lowest BCUT2D eigenvalue weighted by atomic mass is 10.1. The number of carboxylic acid groups (broad SMARTS) is 1. The van der Waals surface area contributed by atoms with E-state index in [9.17, 15) is 24.3 Å². The summed E-state index contributed by atoms with van der Waals surface area (Å²) in [7, 11) is 2.53. The van der Waals surface area contributed by atoms with Crippen molar-refractivity contribution in [1.82, 2.24) is 9.80 Å². The molecule has 120 valence electrons. The van der Waals surface area contributed by atoms with E-state index in [4.69, 9.17) is 4.74 Å². The summed E-state index contributed by atoms with van der Waals surface area (Å²) in [6.45, 7) is -0.666. The minimum Gasteiger partial charge on any atom is -0.546 e. The molecule has 2 rings (SSSR count). The van der Waals surface area contributed by atoms with Crippen molar-refractivity contribution in [2.45, 2.75) is 0 Å². The first kappa shape index (κ1) is 16.2. The molecule has 0 bridgehead atoms. The Hall–Kier alpha value is -3.16. The molecule has 0 unspecified atom stereocenters. The van der Waals surface area contributed by atoms with Gasteiger partial charge in [-0.15, -0.1) is 0 Å². The third-order valence-corrected chi connectivity index (χ3v) is 3.21. The van der Waals surface area contributed by atoms with Gasteiger partial charge in [0.15, 0.2) is 0 Å². The van der Waals surface area contributed by atoms with Crippen LogP contribution in [0.4, 0.5) is 4.79 Å². The Balaban J connectivity index is 2.41. The van der Waals surface area contributed by atoms with Crippen LogP contribution in [0.2, 0.25) is 0 Å². The van der Waals surface area contributed by atoms with Gasteiger partial charge >= 0.3 is 6.03 Å². The number of imide groups is 2. The quantitative estimate of drug-likeness (QED) is 0.534. The van der Waals surface area contributed by atoms with Crippen molar-refractivity contribution in [3.8, 4) is 5.75 Å². The van der Waals surface area contributed by atoms with Gasteiger partial charge in [0.2, 0.25) is 0 Å². The van der Waals surface area contributed by atoms with Crippen molar-refractivity contribution in [3.63, 3.8) is 0 Å². The van der Waals surface area contributed by atoms with Crippen molar-refractivity contribution in [2.75, 3.05) is 20.7 Å². The highest BCUT2D eigenvalue weighted by molar-refractivity contribution is 6.30. The Morgan fingerprint density at radius 3 is 2.26 bits per heavy atom. The SMILES string of the molecule is CN1C(=O)C(=Cc2ccccc2OCC(=O)[O-])C(=O)N(C)C1=O. The summed E-state index contributed by atoms with van der Waals surface area (Å²) in [5.41, 5.74) is 0.112. The molecule has 0 atom stereocenters. The van der Waals surface area contributed by atoms with Gasteiger partial charge in [-0.2, -0.15) is 0 Å². The van der Waals surface area contributed by atoms with Crippen LogP contribution in [0.25, 0.3) is 6.08 Å². The van der Waals surface area contributed by atoms with Gasteiger partial charge in [-0.05, 0) is 12.1 Å². The van der Waals surface area contributed by atoms with Crippen molar-refractivity contribution in [1.29, 1.82) is 0 Å². The van der Waals surface area contributed by atoms with Gasteiger partial charge in [-0.3, -0.25) is 19.4 Å². The van der Waals surface area contributed by atoms with Gasteiger partial charge < -0.3 is 14.6 Å². The van der Waals surface area contributed by atoms with Crippen LogP contribution in [-0.2, 0) is 14.4 Å². The number of rotatable bonds is 4. The molecule has 1 heterocycles. The van der Waals surface area contributed by atoms with Gasteiger partial charge in [-0.1, -0.05) is 18.2 Å². The molecule has 1 aromatic rings. The normalized spacial score (nSPS) is 15.0. The van der Waals surface area contributed by atoms with E-state index in [1.807, 2.05) is 0 Å². The molecule has 1 aliphatic rings. The van der Waals surface area contributed by atoms with Crippen molar-refractivity contribution < 1.29 is 29.0 Å². The first-order valence-electron chi connectivity index (χ1n) is 6.56. The smallest absolute Gasteiger partial charge is 0.333 e. The average molecular weight is 317 g/mol. The maximum Gasteiger partial charge on any atom is 0.333 e. The number of hydrogen-bond acceptors (Lipinski definition) is 6. The van der Waals surface area contributed by atoms with Crippen molar-refractivity contribution in [3.05, 3.63) is 35.4 Å². The highest BCUT2D eigenvalue weighted by Crippen LogP contribution is 2.24. The molecule has 0 saturated carbocycles. The number of aliphatic carboxylic acids is 1. The molecule has 0 aliphatic carbocycles. The van der Waals surface area contributed by atoms with E-state index < -0.39 is 30.4 Å². The third-order valence-electron chi connectivity index (χ3n) is 3.21. The summed E-state index contributed by atoms with van der Waals surface area (Å²) in [5, 5.41) is 10.5. The Morgan fingerprint density at radius 1 is 1.13 bits per heavy atom. The van der Waals surface area contributed by atoms with Crippen molar-refractivity contribution in [2.24, 2.45) is 0 Å². The average Bonchev–Trinajstić information content (AvgIpc) is 2.54. The summed E-state index contributed by atoms with van der Waals surface area (Å²) in [4.78, 5) is 48.0. The Morgan fingerprint density at radius 2 is 1.70 bits per heavy atom. The maximum absolute atomic E-state index is 12.1. The standard InChI is InChI=1S/C15H14N2O6/c1-16-13(20)10(14(21)17(2)15(16)22)7-9-5-3-4-6-11(9)23-8-12(18)19/h3-7H,8H2,1-2H3,(H,18,19)/p-1. The zero-order valence-electron chi connectivity index (χ0n) is 12.4. The molecule has 1 saturated heterocycles. The van der Waals surface area contributed by atoms with E-state index in [0.29, 0.717) is 5.56 Å². The molecule has 23 heavy (non-hydrogen) atoms. The molecular weight excluding hydrogens is 304 g/mol. The minimum atomic E-state index is -1.40. The summed E-state index contributed by atoms with van der Waals surface area (Å²) in [6, 6.07) is 5.56. The van der Waals surface area contributed by atoms with E-state index in [0.717, 1.165) is 9.80 Å². The van der Waals surface area contributed by atoms with Gasteiger partial charge in [0.05, 0.1) is 5.97 Å². The van der Waals surface area contributed by atoms with Crippen LogP contribution in [-0.4, -0.2) is 54.3 Å². The number of likely N-dealkylation sites (N-methyl/N-ethyl adjacent to an activating group) is 2. The second-order valence-corrected chi connectivity index (χ2v) is 4.77. The first-order valence-corrected chi connectivity index (χ1v) is 6.56. The van der Waals surface area contributed by atoms with Crippen LogP contribution < -0.4 is 9.84 Å². The lowest BCUT2D eigenvalue weighted by Gasteiger charge is -2.29. The molecule has 0 N–H and O–H groups in total. The number of para-hydroxylation sites is 1. The fraction of sp³-hybridized carbons (Fsp3) is 0.200. The Kier molecular flexibility index (Phi) is 4.44. The highest BCUT2D eigenvalue weighted by atomic mass is 16.5. The zero-order chi connectivity index (χ0) is 17.1. The maximum atomic E-state index is 12.1. The molecule has 8 heteroatoms. The zero-order valence-corrected chi connectivity index (χ0v) is 12.4. The fourth-order valence-corrected chi connectivity index (χ4v) is 2.00. The number of urea groups is 1. The predicted octanol–water partition coefficient (Wildman–Crippen LogP) is -0.751. The van der Waals surface area contributed by atoms with Gasteiger partial charge in [0, 0.05) is 19.7 Å². The molecule has 4 amide bonds. The van der Waals surface area contributed by atoms with Crippen LogP contribution in [0.3, 0.4) is 0 Å². The summed E-state index contributed by atoms with van der Waals surface area (Å²) < 4.78 is 5.06. The van der Waals surface area contributed by atoms with Crippen LogP contribution in [0, 0.1) is 0 Å². The molecule has 1 aliphatic heterocycles. The number of carbonyl (C=O) groups is 4. The molecule has 1 fully saturated rings. The summed E-state index contributed by atoms with van der Waals surface area (Å²) in [5.74, 6) is -2.71. The van der Waals surface area contributed by atoms with Crippen LogP contribution in [0.15, 0.2) is 29.8 Å². The van der Waals surface area contributed by atoms with Crippen LogP contribution in [0.1, 0.15) is 5.56 Å². The van der Waals surface area contributed by atoms with E-state index in [1.165, 1.54) is 26.2 Å². The molecule has 0 radical (unpaired) electrons. The molecular formula is C15H13N2O6-. The van der Waals surface area contributed by atoms with E-state index in [1.54, 1.807) is 18.2 Å². The predicted molar refractivity (Wildman–Crippen MR) is 75.9 cm³/mol. The molecule has 8 nitrogen and oxygen atoms in total. The second kappa shape index (κ2) is 6.30. The largest absolute Gasteiger partial charge is 0.546 e. The Labute approximate surface area is 131 Å². The monoisotopic (exact) mass is 317 g/mol. The van der Waals surface area contributed by atoms with E-state index in [-0.39, 0.29) is 11.3 Å². The van der Waals surface area contributed by atoms with E-state index >= 15 is 0 Å². The number of nitrogens with zero attached hydrogens (tertiary/aromatic N) is 2. The number of amides is 4. The molecule has 0 aromatic heterocycles. The van der Waals surface area contributed by atoms with Crippen LogP contribution >= 0.6 is 0 Å². The van der Waals surface area contributed by atoms with Gasteiger partial charge in [0.25, 0.3) is 11.8 Å². The highest BCUT2D eigenvalue weighted by Gasteiger charge is 2.37. The number of benzene rings is 1. The first-order chi connectivity index (χ1) is 10.8. The number of hydrogen-bond donors (Lipinski definition) is 0. The number of ether oxygens (including phenoxy) is 1. The summed E-state index contributed by atoms with van der Waals surface area (Å²) in [6.07, 6.45) is 1.26.